The highest BCUT2D eigenvalue weighted by atomic mass is 16.7. The molecule has 1 unspecified atom stereocenters. The van der Waals surface area contributed by atoms with Gasteiger partial charge in [-0.1, -0.05) is 38.5 Å². The normalized spacial score (nSPS) is 19.0. The first-order chi connectivity index (χ1) is 11.2. The third kappa shape index (κ3) is 12.0. The molecule has 23 heavy (non-hydrogen) atoms. The molecule has 0 aliphatic carbocycles. The minimum atomic E-state index is -0.0227. The third-order valence-corrected chi connectivity index (χ3v) is 3.64. The van der Waals surface area contributed by atoms with Crippen LogP contribution in [0.5, 0.6) is 0 Å². The second-order valence-electron chi connectivity index (χ2n) is 6.44. The van der Waals surface area contributed by atoms with Crippen molar-refractivity contribution in [3.8, 4) is 0 Å². The molecule has 0 bridgehead atoms. The van der Waals surface area contributed by atoms with E-state index in [2.05, 4.69) is 25.2 Å². The van der Waals surface area contributed by atoms with Gasteiger partial charge in [0.1, 0.15) is 0 Å². The van der Waals surface area contributed by atoms with Crippen LogP contribution in [0.15, 0.2) is 24.3 Å². The van der Waals surface area contributed by atoms with E-state index in [0.29, 0.717) is 5.92 Å². The molecule has 1 saturated heterocycles. The van der Waals surface area contributed by atoms with Gasteiger partial charge in [0.15, 0.2) is 6.29 Å². The molecule has 1 N–H and O–H groups in total. The van der Waals surface area contributed by atoms with Crippen LogP contribution >= 0.6 is 0 Å². The van der Waals surface area contributed by atoms with E-state index in [1.165, 1.54) is 12.8 Å². The van der Waals surface area contributed by atoms with Crippen molar-refractivity contribution in [2.45, 2.75) is 65.1 Å². The van der Waals surface area contributed by atoms with E-state index >= 15 is 0 Å². The highest BCUT2D eigenvalue weighted by molar-refractivity contribution is 5.87. The lowest BCUT2D eigenvalue weighted by molar-refractivity contribution is -0.162. The maximum atomic E-state index is 11.4. The average molecular weight is 323 g/mol. The Labute approximate surface area is 141 Å². The molecule has 1 rings (SSSR count). The summed E-state index contributed by atoms with van der Waals surface area (Å²) >= 11 is 0. The molecule has 0 aromatic heterocycles. The first-order valence-electron chi connectivity index (χ1n) is 9.02. The SMILES string of the molecule is CC(C)CNC(=O)C=CC=CCCCCCOC1CCCCO1. The van der Waals surface area contributed by atoms with Gasteiger partial charge < -0.3 is 14.8 Å². The fourth-order valence-corrected chi connectivity index (χ4v) is 2.28. The van der Waals surface area contributed by atoms with Crippen molar-refractivity contribution in [3.63, 3.8) is 0 Å². The van der Waals surface area contributed by atoms with Gasteiger partial charge in [-0.3, -0.25) is 4.79 Å². The van der Waals surface area contributed by atoms with Gasteiger partial charge in [0.25, 0.3) is 0 Å². The quantitative estimate of drug-likeness (QED) is 0.355. The van der Waals surface area contributed by atoms with Gasteiger partial charge in [-0.05, 0) is 44.4 Å². The Hall–Kier alpha value is -1.13. The van der Waals surface area contributed by atoms with Gasteiger partial charge in [0.05, 0.1) is 0 Å². The Bertz CT molecular complexity index is 358. The number of carbonyl (C=O) groups excluding carboxylic acids is 1. The molecule has 1 aliphatic heterocycles. The number of allylic oxidation sites excluding steroid dienone is 3. The number of nitrogens with one attached hydrogen (secondary N) is 1. The molecule has 132 valence electrons. The van der Waals surface area contributed by atoms with Gasteiger partial charge in [0.2, 0.25) is 5.91 Å². The second-order valence-corrected chi connectivity index (χ2v) is 6.44. The number of hydrogen-bond donors (Lipinski definition) is 1. The molecule has 1 heterocycles. The Morgan fingerprint density at radius 2 is 2.13 bits per heavy atom. The van der Waals surface area contributed by atoms with Crippen molar-refractivity contribution >= 4 is 5.91 Å². The van der Waals surface area contributed by atoms with Crippen LogP contribution in [-0.4, -0.2) is 32.0 Å². The molecular weight excluding hydrogens is 290 g/mol. The maximum Gasteiger partial charge on any atom is 0.243 e. The summed E-state index contributed by atoms with van der Waals surface area (Å²) in [6.07, 6.45) is 15.3. The van der Waals surface area contributed by atoms with Crippen LogP contribution in [0.25, 0.3) is 0 Å². The summed E-state index contributed by atoms with van der Waals surface area (Å²) in [5.41, 5.74) is 0. The zero-order chi connectivity index (χ0) is 16.8. The minimum Gasteiger partial charge on any atom is -0.353 e. The number of unbranched alkanes of at least 4 members (excludes halogenated alkanes) is 3. The lowest BCUT2D eigenvalue weighted by Gasteiger charge is -2.22. The van der Waals surface area contributed by atoms with Crippen molar-refractivity contribution in [2.75, 3.05) is 19.8 Å². The highest BCUT2D eigenvalue weighted by Crippen LogP contribution is 2.14. The smallest absolute Gasteiger partial charge is 0.243 e. The second kappa shape index (κ2) is 13.3. The van der Waals surface area contributed by atoms with Crippen LogP contribution in [0.2, 0.25) is 0 Å². The molecule has 0 spiro atoms. The molecule has 1 atom stereocenters. The van der Waals surface area contributed by atoms with E-state index in [1.807, 2.05) is 6.08 Å². The fourth-order valence-electron chi connectivity index (χ4n) is 2.28. The van der Waals surface area contributed by atoms with Gasteiger partial charge in [0, 0.05) is 25.8 Å². The first kappa shape index (κ1) is 19.9. The topological polar surface area (TPSA) is 47.6 Å². The molecule has 1 fully saturated rings. The molecule has 0 aromatic rings. The lowest BCUT2D eigenvalue weighted by atomic mass is 10.2. The summed E-state index contributed by atoms with van der Waals surface area (Å²) in [6.45, 7) is 6.53. The van der Waals surface area contributed by atoms with Crippen molar-refractivity contribution in [2.24, 2.45) is 5.92 Å². The third-order valence-electron chi connectivity index (χ3n) is 3.64. The molecule has 0 saturated carbocycles. The summed E-state index contributed by atoms with van der Waals surface area (Å²) in [5, 5.41) is 2.85. The van der Waals surface area contributed by atoms with E-state index in [-0.39, 0.29) is 12.2 Å². The van der Waals surface area contributed by atoms with Crippen molar-refractivity contribution in [1.82, 2.24) is 5.32 Å². The predicted molar refractivity (Wildman–Crippen MR) is 94.1 cm³/mol. The summed E-state index contributed by atoms with van der Waals surface area (Å²) < 4.78 is 11.2. The largest absolute Gasteiger partial charge is 0.353 e. The Morgan fingerprint density at radius 3 is 2.87 bits per heavy atom. The summed E-state index contributed by atoms with van der Waals surface area (Å²) in [7, 11) is 0. The Kier molecular flexibility index (Phi) is 11.5. The predicted octanol–water partition coefficient (Wildman–Crippen LogP) is 3.97. The van der Waals surface area contributed by atoms with E-state index in [1.54, 1.807) is 12.2 Å². The highest BCUT2D eigenvalue weighted by Gasteiger charge is 2.13. The van der Waals surface area contributed by atoms with Crippen molar-refractivity contribution < 1.29 is 14.3 Å². The van der Waals surface area contributed by atoms with Crippen LogP contribution in [0, 0.1) is 5.92 Å². The standard InChI is InChI=1S/C19H33NO3/c1-17(2)16-20-18(21)12-8-6-4-3-5-7-10-14-22-19-13-9-11-15-23-19/h4,6,8,12,17,19H,3,5,7,9-11,13-16H2,1-2H3,(H,20,21). The van der Waals surface area contributed by atoms with Gasteiger partial charge in [-0.2, -0.15) is 0 Å². The van der Waals surface area contributed by atoms with Crippen molar-refractivity contribution in [3.05, 3.63) is 24.3 Å². The first-order valence-corrected chi connectivity index (χ1v) is 9.02. The zero-order valence-corrected chi connectivity index (χ0v) is 14.8. The number of carbonyl (C=O) groups is 1. The number of hydrogen-bond acceptors (Lipinski definition) is 3. The number of amides is 1. The molecule has 1 amide bonds. The Balaban J connectivity index is 1.90. The van der Waals surface area contributed by atoms with Gasteiger partial charge in [-0.15, -0.1) is 0 Å². The van der Waals surface area contributed by atoms with Gasteiger partial charge >= 0.3 is 0 Å². The van der Waals surface area contributed by atoms with E-state index in [0.717, 1.165) is 51.9 Å². The maximum absolute atomic E-state index is 11.4. The lowest BCUT2D eigenvalue weighted by Crippen LogP contribution is -2.25. The molecule has 0 radical (unpaired) electrons. The van der Waals surface area contributed by atoms with E-state index in [9.17, 15) is 4.79 Å². The number of ether oxygens (including phenoxy) is 2. The molecule has 4 heteroatoms. The molecule has 4 nitrogen and oxygen atoms in total. The monoisotopic (exact) mass is 323 g/mol. The summed E-state index contributed by atoms with van der Waals surface area (Å²) in [5.74, 6) is 0.460. The van der Waals surface area contributed by atoms with E-state index < -0.39 is 0 Å². The van der Waals surface area contributed by atoms with E-state index in [4.69, 9.17) is 9.47 Å². The molecule has 1 aliphatic rings. The van der Waals surface area contributed by atoms with Gasteiger partial charge in [-0.25, -0.2) is 0 Å². The van der Waals surface area contributed by atoms with Crippen molar-refractivity contribution in [1.29, 1.82) is 0 Å². The minimum absolute atomic E-state index is 0.0227. The van der Waals surface area contributed by atoms with Crippen LogP contribution in [0.3, 0.4) is 0 Å². The molecule has 0 aromatic carbocycles. The van der Waals surface area contributed by atoms with Crippen LogP contribution in [0.4, 0.5) is 0 Å². The van der Waals surface area contributed by atoms with Crippen LogP contribution in [0.1, 0.15) is 58.8 Å². The zero-order valence-electron chi connectivity index (χ0n) is 14.8. The number of rotatable bonds is 11. The Morgan fingerprint density at radius 1 is 1.26 bits per heavy atom. The summed E-state index contributed by atoms with van der Waals surface area (Å²) in [6, 6.07) is 0. The summed E-state index contributed by atoms with van der Waals surface area (Å²) in [4.78, 5) is 11.4. The van der Waals surface area contributed by atoms with Crippen LogP contribution < -0.4 is 5.32 Å². The fraction of sp³-hybridized carbons (Fsp3) is 0.737. The van der Waals surface area contributed by atoms with Crippen LogP contribution in [-0.2, 0) is 14.3 Å². The average Bonchev–Trinajstić information content (AvgIpc) is 2.55. The molecular formula is C19H33NO3.